The Bertz CT molecular complexity index is 1020. The summed E-state index contributed by atoms with van der Waals surface area (Å²) < 4.78 is 16.7. The van der Waals surface area contributed by atoms with Gasteiger partial charge in [0.15, 0.2) is 11.6 Å². The predicted octanol–water partition coefficient (Wildman–Crippen LogP) is 1.85. The van der Waals surface area contributed by atoms with Crippen LogP contribution in [-0.2, 0) is 0 Å². The lowest BCUT2D eigenvalue weighted by Crippen LogP contribution is -2.61. The van der Waals surface area contributed by atoms with E-state index in [1.54, 1.807) is 4.57 Å². The van der Waals surface area contributed by atoms with E-state index < -0.39 is 17.2 Å². The Kier molecular flexibility index (Phi) is 3.56. The summed E-state index contributed by atoms with van der Waals surface area (Å²) in [5, 5.41) is 9.38. The maximum Gasteiger partial charge on any atom is 0.341 e. The van der Waals surface area contributed by atoms with E-state index in [9.17, 15) is 19.1 Å². The molecule has 2 atom stereocenters. The van der Waals surface area contributed by atoms with Gasteiger partial charge in [-0.2, -0.15) is 0 Å². The van der Waals surface area contributed by atoms with Gasteiger partial charge < -0.3 is 14.6 Å². The van der Waals surface area contributed by atoms with Crippen molar-refractivity contribution in [1.29, 1.82) is 0 Å². The van der Waals surface area contributed by atoms with Crippen LogP contribution >= 0.6 is 0 Å². The number of carbonyl (C=O) groups is 1. The van der Waals surface area contributed by atoms with Crippen LogP contribution in [0.3, 0.4) is 0 Å². The second-order valence-electron chi connectivity index (χ2n) is 7.96. The molecule has 3 saturated heterocycles. The molecule has 2 bridgehead atoms. The minimum atomic E-state index is -1.29. The highest BCUT2D eigenvalue weighted by molar-refractivity contribution is 5.92. The van der Waals surface area contributed by atoms with E-state index in [4.69, 9.17) is 0 Å². The largest absolute Gasteiger partial charge is 0.477 e. The van der Waals surface area contributed by atoms with Crippen molar-refractivity contribution in [2.45, 2.75) is 43.8 Å². The number of piperazine rings is 1. The maximum atomic E-state index is 15.0. The van der Waals surface area contributed by atoms with E-state index in [0.29, 0.717) is 11.7 Å². The van der Waals surface area contributed by atoms with Crippen LogP contribution in [0.25, 0.3) is 11.0 Å². The number of pyridine rings is 2. The van der Waals surface area contributed by atoms with Crippen LogP contribution < -0.4 is 10.3 Å². The number of carboxylic acid groups (broad SMARTS) is 1. The number of aromatic nitrogens is 2. The summed E-state index contributed by atoms with van der Waals surface area (Å²) in [4.78, 5) is 32.9. The van der Waals surface area contributed by atoms with Gasteiger partial charge in [-0.15, -0.1) is 0 Å². The number of aromatic carboxylic acids is 1. The zero-order valence-corrected chi connectivity index (χ0v) is 15.1. The third-order valence-corrected chi connectivity index (χ3v) is 6.19. The van der Waals surface area contributed by atoms with Gasteiger partial charge in [0.05, 0.1) is 5.39 Å². The average Bonchev–Trinajstić information content (AvgIpc) is 3.47. The highest BCUT2D eigenvalue weighted by atomic mass is 19.1. The predicted molar refractivity (Wildman–Crippen MR) is 98.0 cm³/mol. The van der Waals surface area contributed by atoms with E-state index in [1.165, 1.54) is 12.3 Å². The Labute approximate surface area is 155 Å². The van der Waals surface area contributed by atoms with Crippen LogP contribution in [0.4, 0.5) is 10.2 Å². The molecule has 2 aromatic heterocycles. The monoisotopic (exact) mass is 372 g/mol. The zero-order chi connectivity index (χ0) is 18.9. The van der Waals surface area contributed by atoms with E-state index in [2.05, 4.69) is 16.9 Å². The molecule has 5 heterocycles. The van der Waals surface area contributed by atoms with E-state index >= 15 is 0 Å². The highest BCUT2D eigenvalue weighted by Crippen LogP contribution is 2.38. The lowest BCUT2D eigenvalue weighted by molar-refractivity contribution is 0.0695. The quantitative estimate of drug-likeness (QED) is 0.886. The summed E-state index contributed by atoms with van der Waals surface area (Å²) in [6.07, 6.45) is 5.29. The molecule has 27 heavy (non-hydrogen) atoms. The summed E-state index contributed by atoms with van der Waals surface area (Å²) >= 11 is 0. The van der Waals surface area contributed by atoms with Gasteiger partial charge in [0.1, 0.15) is 11.2 Å². The van der Waals surface area contributed by atoms with Gasteiger partial charge in [0.25, 0.3) is 0 Å². The van der Waals surface area contributed by atoms with Crippen LogP contribution in [0.15, 0.2) is 17.1 Å². The topological polar surface area (TPSA) is 78.7 Å². The molecule has 1 N–H and O–H groups in total. The Morgan fingerprint density at radius 3 is 2.48 bits per heavy atom. The zero-order valence-electron chi connectivity index (χ0n) is 15.1. The summed E-state index contributed by atoms with van der Waals surface area (Å²) in [5.41, 5.74) is -0.618. The SMILES string of the molecule is CN1CC2CCC1CN2c1nc2c(cc1F)c(=O)c(C(=O)O)cn2C1CC1. The number of piperidine rings is 2. The number of hydrogen-bond acceptors (Lipinski definition) is 5. The Morgan fingerprint density at radius 2 is 1.89 bits per heavy atom. The fourth-order valence-corrected chi connectivity index (χ4v) is 4.52. The Balaban J connectivity index is 1.69. The van der Waals surface area contributed by atoms with E-state index in [-0.39, 0.29) is 28.9 Å². The standard InChI is InChI=1S/C19H21FN4O3/c1-22-7-12-5-4-11(22)8-23(12)18-15(20)6-13-16(25)14(19(26)27)9-24(10-2-3-10)17(13)21-18/h6,9-12H,2-5,7-8H2,1H3,(H,26,27). The Morgan fingerprint density at radius 1 is 1.19 bits per heavy atom. The first-order valence-corrected chi connectivity index (χ1v) is 9.39. The number of nitrogens with zero attached hydrogens (tertiary/aromatic N) is 4. The summed E-state index contributed by atoms with van der Waals surface area (Å²) in [6, 6.07) is 1.89. The first kappa shape index (κ1) is 16.7. The van der Waals surface area contributed by atoms with Crippen molar-refractivity contribution in [3.8, 4) is 0 Å². The fourth-order valence-electron chi connectivity index (χ4n) is 4.52. The second-order valence-corrected chi connectivity index (χ2v) is 7.96. The summed E-state index contributed by atoms with van der Waals surface area (Å²) in [7, 11) is 2.09. The van der Waals surface area contributed by atoms with Crippen LogP contribution in [0.5, 0.6) is 0 Å². The van der Waals surface area contributed by atoms with Gasteiger partial charge in [0.2, 0.25) is 5.43 Å². The molecule has 0 amide bonds. The van der Waals surface area contributed by atoms with Gasteiger partial charge in [-0.1, -0.05) is 0 Å². The van der Waals surface area contributed by atoms with E-state index in [1.807, 2.05) is 4.90 Å². The molecule has 8 heteroatoms. The van der Waals surface area contributed by atoms with Crippen molar-refractivity contribution in [1.82, 2.24) is 14.5 Å². The third-order valence-electron chi connectivity index (χ3n) is 6.19. The molecule has 1 aliphatic carbocycles. The lowest BCUT2D eigenvalue weighted by atomic mass is 9.91. The maximum absolute atomic E-state index is 15.0. The highest BCUT2D eigenvalue weighted by Gasteiger charge is 2.39. The first-order chi connectivity index (χ1) is 12.9. The van der Waals surface area contributed by atoms with Crippen LogP contribution in [-0.4, -0.2) is 57.7 Å². The molecular weight excluding hydrogens is 351 g/mol. The first-order valence-electron chi connectivity index (χ1n) is 9.39. The van der Waals surface area contributed by atoms with Gasteiger partial charge in [-0.05, 0) is 38.8 Å². The van der Waals surface area contributed by atoms with Crippen molar-refractivity contribution in [2.75, 3.05) is 25.0 Å². The minimum Gasteiger partial charge on any atom is -0.477 e. The smallest absolute Gasteiger partial charge is 0.341 e. The molecule has 3 aliphatic heterocycles. The molecule has 0 radical (unpaired) electrons. The molecule has 7 nitrogen and oxygen atoms in total. The molecule has 0 aromatic carbocycles. The molecule has 6 rings (SSSR count). The molecule has 4 fully saturated rings. The van der Waals surface area contributed by atoms with Crippen molar-refractivity contribution < 1.29 is 14.3 Å². The summed E-state index contributed by atoms with van der Waals surface area (Å²) in [6.45, 7) is 1.59. The second kappa shape index (κ2) is 5.76. The van der Waals surface area contributed by atoms with Crippen LogP contribution in [0.1, 0.15) is 42.1 Å². The van der Waals surface area contributed by atoms with Crippen LogP contribution in [0.2, 0.25) is 0 Å². The molecular formula is C19H21FN4O3. The van der Waals surface area contributed by atoms with Gasteiger partial charge >= 0.3 is 5.97 Å². The molecule has 142 valence electrons. The van der Waals surface area contributed by atoms with Gasteiger partial charge in [0, 0.05) is 37.4 Å². The number of fused-ring (bicyclic) bond motifs is 4. The molecule has 4 aliphatic rings. The fraction of sp³-hybridized carbons (Fsp3) is 0.526. The molecule has 2 aromatic rings. The lowest BCUT2D eigenvalue weighted by Gasteiger charge is -2.50. The van der Waals surface area contributed by atoms with Crippen molar-refractivity contribution in [3.05, 3.63) is 33.9 Å². The molecule has 1 saturated carbocycles. The van der Waals surface area contributed by atoms with E-state index in [0.717, 1.165) is 38.8 Å². The molecule has 2 unspecified atom stereocenters. The average molecular weight is 372 g/mol. The number of carboxylic acids is 1. The van der Waals surface area contributed by atoms with Crippen molar-refractivity contribution >= 4 is 22.8 Å². The van der Waals surface area contributed by atoms with Crippen molar-refractivity contribution in [2.24, 2.45) is 0 Å². The minimum absolute atomic E-state index is 0.0438. The number of halogens is 1. The molecule has 0 spiro atoms. The summed E-state index contributed by atoms with van der Waals surface area (Å²) in [5.74, 6) is -1.57. The van der Waals surface area contributed by atoms with Gasteiger partial charge in [-0.3, -0.25) is 9.69 Å². The third kappa shape index (κ3) is 2.54. The normalized spacial score (nSPS) is 25.3. The van der Waals surface area contributed by atoms with Crippen molar-refractivity contribution in [3.63, 3.8) is 0 Å². The number of anilines is 1. The number of rotatable bonds is 3. The van der Waals surface area contributed by atoms with Gasteiger partial charge in [-0.25, -0.2) is 14.2 Å². The number of hydrogen-bond donors (Lipinski definition) is 1. The Hall–Kier alpha value is -2.48. The van der Waals surface area contributed by atoms with Crippen LogP contribution in [0, 0.1) is 5.82 Å². The number of likely N-dealkylation sites (N-methyl/N-ethyl adjacent to an activating group) is 1.